The number of rotatable bonds is 4. The highest BCUT2D eigenvalue weighted by molar-refractivity contribution is 5.71. The third kappa shape index (κ3) is 2.30. The molecule has 3 aromatic rings. The van der Waals surface area contributed by atoms with E-state index in [2.05, 4.69) is 29.0 Å². The van der Waals surface area contributed by atoms with Gasteiger partial charge in [0.05, 0.1) is 6.61 Å². The molecule has 0 atom stereocenters. The van der Waals surface area contributed by atoms with Gasteiger partial charge in [0.25, 0.3) is 0 Å². The Bertz CT molecular complexity index is 733. The first kappa shape index (κ1) is 12.8. The highest BCUT2D eigenvalue weighted by atomic mass is 16.3. The Labute approximate surface area is 117 Å². The molecule has 1 N–H and O–H groups in total. The van der Waals surface area contributed by atoms with Crippen molar-refractivity contribution in [2.75, 3.05) is 6.61 Å². The average Bonchev–Trinajstić information content (AvgIpc) is 2.80. The minimum Gasteiger partial charge on any atom is -0.395 e. The van der Waals surface area contributed by atoms with Crippen LogP contribution in [0, 0.1) is 6.92 Å². The number of fused-ring (bicyclic) bond motifs is 1. The molecule has 0 radical (unpaired) electrons. The number of aliphatic hydroxyl groups is 1. The third-order valence-corrected chi connectivity index (χ3v) is 3.52. The largest absolute Gasteiger partial charge is 0.395 e. The van der Waals surface area contributed by atoms with Gasteiger partial charge in [0.2, 0.25) is 0 Å². The van der Waals surface area contributed by atoms with Gasteiger partial charge in [-0.3, -0.25) is 0 Å². The van der Waals surface area contributed by atoms with Gasteiger partial charge in [-0.2, -0.15) is 0 Å². The standard InChI is InChI=1S/C16H17N3O/c1-12-5-2-3-6-13(12)11-15-18-14-7-4-8-17-16(14)19(15)9-10-20/h2-8,20H,9-11H2,1H3. The van der Waals surface area contributed by atoms with Gasteiger partial charge < -0.3 is 9.67 Å². The fourth-order valence-corrected chi connectivity index (χ4v) is 2.45. The maximum atomic E-state index is 9.27. The normalized spacial score (nSPS) is 11.1. The summed E-state index contributed by atoms with van der Waals surface area (Å²) in [5.41, 5.74) is 4.22. The fraction of sp³-hybridized carbons (Fsp3) is 0.250. The van der Waals surface area contributed by atoms with E-state index in [1.807, 2.05) is 28.8 Å². The number of nitrogens with zero attached hydrogens (tertiary/aromatic N) is 3. The molecule has 2 aromatic heterocycles. The number of aryl methyl sites for hydroxylation is 1. The predicted octanol–water partition coefficient (Wildman–Crippen LogP) is 2.32. The minimum absolute atomic E-state index is 0.0861. The van der Waals surface area contributed by atoms with E-state index in [-0.39, 0.29) is 6.61 Å². The Hall–Kier alpha value is -2.20. The van der Waals surface area contributed by atoms with Crippen LogP contribution in [0.15, 0.2) is 42.6 Å². The van der Waals surface area contributed by atoms with E-state index in [0.717, 1.165) is 23.4 Å². The maximum absolute atomic E-state index is 9.27. The molecule has 0 bridgehead atoms. The lowest BCUT2D eigenvalue weighted by atomic mass is 10.1. The first-order chi connectivity index (χ1) is 9.79. The van der Waals surface area contributed by atoms with E-state index >= 15 is 0 Å². The van der Waals surface area contributed by atoms with Gasteiger partial charge >= 0.3 is 0 Å². The summed E-state index contributed by atoms with van der Waals surface area (Å²) in [5, 5.41) is 9.27. The number of aromatic nitrogens is 3. The summed E-state index contributed by atoms with van der Waals surface area (Å²) < 4.78 is 2.00. The van der Waals surface area contributed by atoms with Crippen LogP contribution in [0.3, 0.4) is 0 Å². The predicted molar refractivity (Wildman–Crippen MR) is 78.6 cm³/mol. The number of hydrogen-bond donors (Lipinski definition) is 1. The van der Waals surface area contributed by atoms with Gasteiger partial charge in [-0.25, -0.2) is 9.97 Å². The Morgan fingerprint density at radius 1 is 1.15 bits per heavy atom. The summed E-state index contributed by atoms with van der Waals surface area (Å²) in [7, 11) is 0. The van der Waals surface area contributed by atoms with Crippen LogP contribution in [0.4, 0.5) is 0 Å². The first-order valence-electron chi connectivity index (χ1n) is 6.75. The molecule has 102 valence electrons. The van der Waals surface area contributed by atoms with E-state index in [9.17, 15) is 5.11 Å². The Morgan fingerprint density at radius 2 is 2.00 bits per heavy atom. The molecule has 0 spiro atoms. The molecule has 4 nitrogen and oxygen atoms in total. The minimum atomic E-state index is 0.0861. The summed E-state index contributed by atoms with van der Waals surface area (Å²) >= 11 is 0. The fourth-order valence-electron chi connectivity index (χ4n) is 2.45. The molecule has 0 fully saturated rings. The zero-order valence-corrected chi connectivity index (χ0v) is 11.5. The molecule has 0 amide bonds. The van der Waals surface area contributed by atoms with E-state index in [0.29, 0.717) is 6.54 Å². The van der Waals surface area contributed by atoms with Crippen molar-refractivity contribution in [3.8, 4) is 0 Å². The van der Waals surface area contributed by atoms with Gasteiger partial charge in [-0.1, -0.05) is 24.3 Å². The van der Waals surface area contributed by atoms with Gasteiger partial charge in [-0.05, 0) is 30.2 Å². The lowest BCUT2D eigenvalue weighted by molar-refractivity contribution is 0.276. The van der Waals surface area contributed by atoms with Crippen LogP contribution in [-0.2, 0) is 13.0 Å². The van der Waals surface area contributed by atoms with Crippen molar-refractivity contribution in [2.45, 2.75) is 19.9 Å². The van der Waals surface area contributed by atoms with E-state index in [4.69, 9.17) is 0 Å². The molecule has 2 heterocycles. The second-order valence-corrected chi connectivity index (χ2v) is 4.85. The molecule has 0 aliphatic heterocycles. The van der Waals surface area contributed by atoms with Crippen molar-refractivity contribution in [2.24, 2.45) is 0 Å². The Morgan fingerprint density at radius 3 is 2.80 bits per heavy atom. The van der Waals surface area contributed by atoms with Gasteiger partial charge in [0.1, 0.15) is 11.3 Å². The number of pyridine rings is 1. The van der Waals surface area contributed by atoms with Crippen molar-refractivity contribution in [3.05, 3.63) is 59.5 Å². The second kappa shape index (κ2) is 5.43. The van der Waals surface area contributed by atoms with Crippen molar-refractivity contribution >= 4 is 11.2 Å². The molecule has 1 aromatic carbocycles. The molecule has 0 aliphatic rings. The molecule has 0 unspecified atom stereocenters. The average molecular weight is 267 g/mol. The Balaban J connectivity index is 2.06. The zero-order valence-electron chi connectivity index (χ0n) is 11.5. The molecular weight excluding hydrogens is 250 g/mol. The highest BCUT2D eigenvalue weighted by Gasteiger charge is 2.12. The molecule has 0 saturated heterocycles. The van der Waals surface area contributed by atoms with Gasteiger partial charge in [-0.15, -0.1) is 0 Å². The smallest absolute Gasteiger partial charge is 0.160 e. The lowest BCUT2D eigenvalue weighted by Crippen LogP contribution is -2.08. The van der Waals surface area contributed by atoms with Crippen LogP contribution in [0.5, 0.6) is 0 Å². The van der Waals surface area contributed by atoms with Crippen molar-refractivity contribution in [1.82, 2.24) is 14.5 Å². The monoisotopic (exact) mass is 267 g/mol. The van der Waals surface area contributed by atoms with Crippen LogP contribution in [0.2, 0.25) is 0 Å². The summed E-state index contributed by atoms with van der Waals surface area (Å²) in [4.78, 5) is 9.03. The van der Waals surface area contributed by atoms with Crippen LogP contribution < -0.4 is 0 Å². The molecule has 3 rings (SSSR count). The van der Waals surface area contributed by atoms with Crippen molar-refractivity contribution < 1.29 is 5.11 Å². The van der Waals surface area contributed by atoms with E-state index in [1.165, 1.54) is 11.1 Å². The number of hydrogen-bond acceptors (Lipinski definition) is 3. The number of aliphatic hydroxyl groups excluding tert-OH is 1. The van der Waals surface area contributed by atoms with Crippen LogP contribution in [0.25, 0.3) is 11.2 Å². The summed E-state index contributed by atoms with van der Waals surface area (Å²) in [6.07, 6.45) is 2.51. The molecule has 0 aliphatic carbocycles. The summed E-state index contributed by atoms with van der Waals surface area (Å²) in [5.74, 6) is 0.946. The van der Waals surface area contributed by atoms with Crippen LogP contribution >= 0.6 is 0 Å². The van der Waals surface area contributed by atoms with E-state index < -0.39 is 0 Å². The zero-order chi connectivity index (χ0) is 13.9. The molecule has 20 heavy (non-hydrogen) atoms. The van der Waals surface area contributed by atoms with Gasteiger partial charge in [0.15, 0.2) is 5.65 Å². The molecule has 4 heteroatoms. The topological polar surface area (TPSA) is 50.9 Å². The SMILES string of the molecule is Cc1ccccc1Cc1nc2cccnc2n1CCO. The lowest BCUT2D eigenvalue weighted by Gasteiger charge is -2.08. The third-order valence-electron chi connectivity index (χ3n) is 3.52. The highest BCUT2D eigenvalue weighted by Crippen LogP contribution is 2.18. The molecule has 0 saturated carbocycles. The number of imidazole rings is 1. The van der Waals surface area contributed by atoms with Crippen molar-refractivity contribution in [1.29, 1.82) is 0 Å². The molecular formula is C16H17N3O. The maximum Gasteiger partial charge on any atom is 0.160 e. The van der Waals surface area contributed by atoms with Crippen LogP contribution in [0.1, 0.15) is 17.0 Å². The Kier molecular flexibility index (Phi) is 3.48. The van der Waals surface area contributed by atoms with Gasteiger partial charge in [0, 0.05) is 19.2 Å². The van der Waals surface area contributed by atoms with E-state index in [1.54, 1.807) is 6.20 Å². The summed E-state index contributed by atoms with van der Waals surface area (Å²) in [6, 6.07) is 12.1. The number of benzene rings is 1. The quantitative estimate of drug-likeness (QED) is 0.789. The van der Waals surface area contributed by atoms with Crippen molar-refractivity contribution in [3.63, 3.8) is 0 Å². The summed E-state index contributed by atoms with van der Waals surface area (Å²) in [6.45, 7) is 2.71. The second-order valence-electron chi connectivity index (χ2n) is 4.85. The van der Waals surface area contributed by atoms with Crippen LogP contribution in [-0.4, -0.2) is 26.2 Å². The first-order valence-corrected chi connectivity index (χ1v) is 6.75.